The van der Waals surface area contributed by atoms with E-state index in [1.54, 1.807) is 0 Å². The fraction of sp³-hybridized carbons (Fsp3) is 0. The monoisotopic (exact) mass is 209 g/mol. The first kappa shape index (κ1) is 9.22. The Morgan fingerprint density at radius 2 is 2.17 bits per heavy atom. The highest BCUT2D eigenvalue weighted by Gasteiger charge is 2.15. The standard InChI is InChI=1S/C6H2Cl2FNO2/c7-3-1-2(6(11)12)4(9)5(8)10-3/h1H,(H,11,12). The predicted octanol–water partition coefficient (Wildman–Crippen LogP) is 2.23. The van der Waals surface area contributed by atoms with Crippen LogP contribution in [-0.2, 0) is 0 Å². The Bertz CT molecular complexity index is 343. The van der Waals surface area contributed by atoms with Gasteiger partial charge in [-0.3, -0.25) is 0 Å². The van der Waals surface area contributed by atoms with E-state index in [0.717, 1.165) is 6.07 Å². The Morgan fingerprint density at radius 1 is 1.58 bits per heavy atom. The largest absolute Gasteiger partial charge is 0.478 e. The van der Waals surface area contributed by atoms with Gasteiger partial charge in [0.15, 0.2) is 11.0 Å². The van der Waals surface area contributed by atoms with E-state index >= 15 is 0 Å². The summed E-state index contributed by atoms with van der Waals surface area (Å²) in [6.07, 6.45) is 0. The van der Waals surface area contributed by atoms with Crippen LogP contribution >= 0.6 is 23.2 Å². The van der Waals surface area contributed by atoms with Crippen LogP contribution in [0.4, 0.5) is 4.39 Å². The Labute approximate surface area is 76.7 Å². The lowest BCUT2D eigenvalue weighted by molar-refractivity contribution is 0.0691. The first-order valence-electron chi connectivity index (χ1n) is 2.77. The Kier molecular flexibility index (Phi) is 2.49. The molecule has 64 valence electrons. The molecule has 0 radical (unpaired) electrons. The lowest BCUT2D eigenvalue weighted by Gasteiger charge is -1.98. The van der Waals surface area contributed by atoms with Gasteiger partial charge < -0.3 is 5.11 Å². The molecule has 0 aliphatic carbocycles. The zero-order chi connectivity index (χ0) is 9.30. The van der Waals surface area contributed by atoms with Gasteiger partial charge in [-0.2, -0.15) is 0 Å². The van der Waals surface area contributed by atoms with Gasteiger partial charge in [-0.1, -0.05) is 23.2 Å². The van der Waals surface area contributed by atoms with Gasteiger partial charge in [0.2, 0.25) is 0 Å². The number of carboxylic acids is 1. The Morgan fingerprint density at radius 3 is 2.67 bits per heavy atom. The van der Waals surface area contributed by atoms with Crippen molar-refractivity contribution >= 4 is 29.2 Å². The minimum absolute atomic E-state index is 0.154. The van der Waals surface area contributed by atoms with E-state index in [9.17, 15) is 9.18 Å². The van der Waals surface area contributed by atoms with E-state index in [1.165, 1.54) is 0 Å². The Hall–Kier alpha value is -0.870. The van der Waals surface area contributed by atoms with Crippen molar-refractivity contribution in [1.82, 2.24) is 4.98 Å². The molecule has 0 aliphatic rings. The Balaban J connectivity index is 3.37. The molecule has 1 aromatic rings. The lowest BCUT2D eigenvalue weighted by atomic mass is 10.2. The number of halogens is 3. The third kappa shape index (κ3) is 1.65. The number of aromatic carboxylic acids is 1. The molecule has 0 bridgehead atoms. The van der Waals surface area contributed by atoms with Crippen molar-refractivity contribution in [2.45, 2.75) is 0 Å². The van der Waals surface area contributed by atoms with Crippen molar-refractivity contribution in [2.75, 3.05) is 0 Å². The molecule has 12 heavy (non-hydrogen) atoms. The third-order valence-electron chi connectivity index (χ3n) is 1.12. The van der Waals surface area contributed by atoms with Crippen molar-refractivity contribution in [1.29, 1.82) is 0 Å². The van der Waals surface area contributed by atoms with Crippen molar-refractivity contribution < 1.29 is 14.3 Å². The zero-order valence-electron chi connectivity index (χ0n) is 5.51. The molecule has 0 aliphatic heterocycles. The molecule has 1 heterocycles. The maximum absolute atomic E-state index is 12.8. The SMILES string of the molecule is O=C(O)c1cc(Cl)nc(Cl)c1F. The highest BCUT2D eigenvalue weighted by molar-refractivity contribution is 6.33. The minimum atomic E-state index is -1.43. The fourth-order valence-electron chi connectivity index (χ4n) is 0.624. The first-order valence-corrected chi connectivity index (χ1v) is 3.53. The number of nitrogens with zero attached hydrogens (tertiary/aromatic N) is 1. The molecular formula is C6H2Cl2FNO2. The average Bonchev–Trinajstić information content (AvgIpc) is 1.96. The summed E-state index contributed by atoms with van der Waals surface area (Å²) in [5.74, 6) is -2.51. The van der Waals surface area contributed by atoms with Crippen LogP contribution in [-0.4, -0.2) is 16.1 Å². The number of hydrogen-bond acceptors (Lipinski definition) is 2. The molecule has 0 saturated heterocycles. The maximum atomic E-state index is 12.8. The quantitative estimate of drug-likeness (QED) is 0.723. The number of rotatable bonds is 1. The second-order valence-electron chi connectivity index (χ2n) is 1.90. The van der Waals surface area contributed by atoms with Crippen LogP contribution in [0, 0.1) is 5.82 Å². The molecule has 0 aromatic carbocycles. The van der Waals surface area contributed by atoms with Gasteiger partial charge in [-0.25, -0.2) is 14.2 Å². The summed E-state index contributed by atoms with van der Waals surface area (Å²) in [6.45, 7) is 0. The van der Waals surface area contributed by atoms with Crippen molar-refractivity contribution in [2.24, 2.45) is 0 Å². The number of hydrogen-bond donors (Lipinski definition) is 1. The van der Waals surface area contributed by atoms with E-state index in [4.69, 9.17) is 28.3 Å². The zero-order valence-corrected chi connectivity index (χ0v) is 7.03. The van der Waals surface area contributed by atoms with Crippen LogP contribution in [0.25, 0.3) is 0 Å². The molecule has 0 atom stereocenters. The lowest BCUT2D eigenvalue weighted by Crippen LogP contribution is -2.02. The molecule has 0 unspecified atom stereocenters. The summed E-state index contributed by atoms with van der Waals surface area (Å²) in [5, 5.41) is 7.73. The van der Waals surface area contributed by atoms with Gasteiger partial charge in [-0.05, 0) is 6.07 Å². The highest BCUT2D eigenvalue weighted by Crippen LogP contribution is 2.19. The summed E-state index contributed by atoms with van der Waals surface area (Å²) in [6, 6.07) is 0.894. The second-order valence-corrected chi connectivity index (χ2v) is 2.65. The van der Waals surface area contributed by atoms with Crippen LogP contribution in [0.5, 0.6) is 0 Å². The molecule has 1 rings (SSSR count). The molecule has 0 fully saturated rings. The van der Waals surface area contributed by atoms with Crippen LogP contribution < -0.4 is 0 Å². The highest BCUT2D eigenvalue weighted by atomic mass is 35.5. The molecule has 6 heteroatoms. The van der Waals surface area contributed by atoms with Gasteiger partial charge in [0.25, 0.3) is 0 Å². The molecule has 0 saturated carbocycles. The number of aromatic nitrogens is 1. The van der Waals surface area contributed by atoms with Crippen molar-refractivity contribution in [3.63, 3.8) is 0 Å². The summed E-state index contributed by atoms with van der Waals surface area (Å²) in [4.78, 5) is 13.6. The average molecular weight is 210 g/mol. The smallest absolute Gasteiger partial charge is 0.338 e. The van der Waals surface area contributed by atoms with E-state index in [-0.39, 0.29) is 5.15 Å². The van der Waals surface area contributed by atoms with Crippen LogP contribution in [0.15, 0.2) is 6.07 Å². The number of carbonyl (C=O) groups is 1. The first-order chi connectivity index (χ1) is 5.52. The van der Waals surface area contributed by atoms with E-state index in [0.29, 0.717) is 0 Å². The molecule has 1 aromatic heterocycles. The summed E-state index contributed by atoms with van der Waals surface area (Å²) >= 11 is 10.6. The molecular weight excluding hydrogens is 208 g/mol. The van der Waals surface area contributed by atoms with E-state index < -0.39 is 22.5 Å². The number of pyridine rings is 1. The van der Waals surface area contributed by atoms with E-state index in [2.05, 4.69) is 4.98 Å². The summed E-state index contributed by atoms with van der Waals surface area (Å²) in [5.41, 5.74) is -0.583. The fourth-order valence-corrected chi connectivity index (χ4v) is 1.05. The molecule has 1 N–H and O–H groups in total. The van der Waals surface area contributed by atoms with Gasteiger partial charge in [0.1, 0.15) is 10.7 Å². The van der Waals surface area contributed by atoms with Crippen LogP contribution in [0.3, 0.4) is 0 Å². The van der Waals surface area contributed by atoms with Crippen LogP contribution in [0.2, 0.25) is 10.3 Å². The normalized spacial score (nSPS) is 9.92. The van der Waals surface area contributed by atoms with E-state index in [1.807, 2.05) is 0 Å². The molecule has 3 nitrogen and oxygen atoms in total. The minimum Gasteiger partial charge on any atom is -0.478 e. The van der Waals surface area contributed by atoms with Crippen LogP contribution in [0.1, 0.15) is 10.4 Å². The number of carboxylic acid groups (broad SMARTS) is 1. The topological polar surface area (TPSA) is 50.2 Å². The molecule has 0 amide bonds. The summed E-state index contributed by atoms with van der Waals surface area (Å²) in [7, 11) is 0. The van der Waals surface area contributed by atoms with Gasteiger partial charge in [0, 0.05) is 0 Å². The third-order valence-corrected chi connectivity index (χ3v) is 1.56. The summed E-state index contributed by atoms with van der Waals surface area (Å²) < 4.78 is 12.8. The van der Waals surface area contributed by atoms with Gasteiger partial charge in [0.05, 0.1) is 0 Å². The van der Waals surface area contributed by atoms with Crippen molar-refractivity contribution in [3.8, 4) is 0 Å². The van der Waals surface area contributed by atoms with Gasteiger partial charge in [-0.15, -0.1) is 0 Å². The van der Waals surface area contributed by atoms with Crippen molar-refractivity contribution in [3.05, 3.63) is 27.8 Å². The van der Waals surface area contributed by atoms with Gasteiger partial charge >= 0.3 is 5.97 Å². The predicted molar refractivity (Wildman–Crippen MR) is 41.2 cm³/mol. The second kappa shape index (κ2) is 3.25. The molecule has 0 spiro atoms. The maximum Gasteiger partial charge on any atom is 0.338 e.